The second-order valence-corrected chi connectivity index (χ2v) is 7.65. The van der Waals surface area contributed by atoms with Crippen LogP contribution in [-0.4, -0.2) is 78.1 Å². The van der Waals surface area contributed by atoms with Gasteiger partial charge in [0, 0.05) is 13.1 Å². The Morgan fingerprint density at radius 3 is 2.90 bits per heavy atom. The topological polar surface area (TPSA) is 198 Å². The number of aliphatic hydroxyl groups is 3. The Bertz CT molecular complexity index is 1010. The van der Waals surface area contributed by atoms with Gasteiger partial charge in [0.05, 0.1) is 6.33 Å². The molecule has 4 rings (SSSR count). The monoisotopic (exact) mass is 435 g/mol. The maximum absolute atomic E-state index is 12.5. The van der Waals surface area contributed by atoms with Crippen molar-refractivity contribution in [2.24, 2.45) is 0 Å². The molecule has 0 aromatic carbocycles. The number of nitrogens with zero attached hydrogens (tertiary/aromatic N) is 4. The number of aliphatic hydroxyl groups excluding tert-OH is 2. The van der Waals surface area contributed by atoms with Gasteiger partial charge < -0.3 is 36.4 Å². The lowest BCUT2D eigenvalue weighted by Crippen LogP contribution is -2.44. The van der Waals surface area contributed by atoms with E-state index >= 15 is 0 Å². The van der Waals surface area contributed by atoms with Gasteiger partial charge in [-0.1, -0.05) is 0 Å². The van der Waals surface area contributed by atoms with Crippen LogP contribution in [0.4, 0.5) is 5.82 Å². The number of amides is 2. The van der Waals surface area contributed by atoms with Crippen molar-refractivity contribution in [2.45, 2.75) is 56.3 Å². The molecule has 5 atom stereocenters. The summed E-state index contributed by atoms with van der Waals surface area (Å²) in [5, 5.41) is 37.0. The van der Waals surface area contributed by atoms with Crippen molar-refractivity contribution in [1.29, 1.82) is 0 Å². The number of carbonyl (C=O) groups is 2. The summed E-state index contributed by atoms with van der Waals surface area (Å²) in [5.74, 6) is -1.47. The van der Waals surface area contributed by atoms with Crippen molar-refractivity contribution < 1.29 is 29.6 Å². The molecule has 0 spiro atoms. The molecule has 13 heteroatoms. The smallest absolute Gasteiger partial charge is 0.259 e. The average Bonchev–Trinajstić information content (AvgIpc) is 3.23. The molecular formula is C18H25N7O6. The molecule has 2 aromatic rings. The fraction of sp³-hybridized carbons (Fsp3) is 0.611. The SMILES string of the molecule is CCNC(=O)[C@H]1O[C@@H](n2cnc3c(N)nc(C4(O)CCCCNC4=O)nc32)C(O)[C@H]1O. The quantitative estimate of drug-likeness (QED) is 0.302. The highest BCUT2D eigenvalue weighted by molar-refractivity contribution is 5.87. The van der Waals surface area contributed by atoms with Gasteiger partial charge in [0.2, 0.25) is 5.60 Å². The van der Waals surface area contributed by atoms with Crippen molar-refractivity contribution in [2.75, 3.05) is 18.8 Å². The summed E-state index contributed by atoms with van der Waals surface area (Å²) in [6.07, 6.45) is -2.79. The van der Waals surface area contributed by atoms with E-state index in [9.17, 15) is 24.9 Å². The number of likely N-dealkylation sites (N-methyl/N-ethyl adjacent to an activating group) is 1. The van der Waals surface area contributed by atoms with Crippen molar-refractivity contribution in [1.82, 2.24) is 30.2 Å². The van der Waals surface area contributed by atoms with Gasteiger partial charge >= 0.3 is 0 Å². The van der Waals surface area contributed by atoms with E-state index in [1.165, 1.54) is 10.9 Å². The molecule has 2 saturated heterocycles. The zero-order valence-corrected chi connectivity index (χ0v) is 16.9. The number of rotatable bonds is 4. The fourth-order valence-corrected chi connectivity index (χ4v) is 3.87. The van der Waals surface area contributed by atoms with Gasteiger partial charge in [-0.2, -0.15) is 0 Å². The van der Waals surface area contributed by atoms with Crippen molar-refractivity contribution in [3.63, 3.8) is 0 Å². The molecule has 0 bridgehead atoms. The van der Waals surface area contributed by atoms with Crippen molar-refractivity contribution in [3.05, 3.63) is 12.2 Å². The van der Waals surface area contributed by atoms with E-state index in [2.05, 4.69) is 25.6 Å². The number of anilines is 1. The third kappa shape index (κ3) is 3.48. The third-order valence-corrected chi connectivity index (χ3v) is 5.57. The minimum atomic E-state index is -1.98. The second-order valence-electron chi connectivity index (χ2n) is 7.65. The number of nitrogens with one attached hydrogen (secondary N) is 2. The van der Waals surface area contributed by atoms with Gasteiger partial charge in [-0.25, -0.2) is 15.0 Å². The minimum Gasteiger partial charge on any atom is -0.387 e. The van der Waals surface area contributed by atoms with Crippen molar-refractivity contribution in [3.8, 4) is 0 Å². The zero-order chi connectivity index (χ0) is 22.3. The Balaban J connectivity index is 1.75. The van der Waals surface area contributed by atoms with Gasteiger partial charge in [0.15, 0.2) is 29.6 Å². The number of carbonyl (C=O) groups excluding carboxylic acids is 2. The largest absolute Gasteiger partial charge is 0.387 e. The van der Waals surface area contributed by atoms with E-state index < -0.39 is 42.0 Å². The number of nitrogen functional groups attached to an aromatic ring is 1. The highest BCUT2D eigenvalue weighted by Crippen LogP contribution is 2.34. The summed E-state index contributed by atoms with van der Waals surface area (Å²) in [6.45, 7) is 2.47. The van der Waals surface area contributed by atoms with Crippen LogP contribution in [0, 0.1) is 0 Å². The second kappa shape index (κ2) is 8.00. The molecule has 0 aliphatic carbocycles. The van der Waals surface area contributed by atoms with Gasteiger partial charge in [-0.3, -0.25) is 14.2 Å². The maximum atomic E-state index is 12.5. The number of nitrogens with two attached hydrogens (primary N) is 1. The first-order valence-electron chi connectivity index (χ1n) is 10.1. The molecule has 2 amide bonds. The standard InChI is InChI=1S/C18H25N7O6/c1-2-20-14(28)11-9(26)10(27)15(31-11)25-7-22-8-12(19)23-16(24-13(8)25)18(30)5-3-4-6-21-17(18)29/h7,9-11,15,26-27,30H,2-6H2,1H3,(H,20,28)(H,21,29)(H2,19,23,24)/t9-,10?,11+,15-,18?/m1/s1. The van der Waals surface area contributed by atoms with Crippen LogP contribution in [0.25, 0.3) is 11.2 Å². The van der Waals surface area contributed by atoms with Crippen LogP contribution in [0.15, 0.2) is 6.33 Å². The number of fused-ring (bicyclic) bond motifs is 1. The lowest BCUT2D eigenvalue weighted by Gasteiger charge is -2.23. The van der Waals surface area contributed by atoms with Crippen LogP contribution >= 0.6 is 0 Å². The fourth-order valence-electron chi connectivity index (χ4n) is 3.87. The first-order chi connectivity index (χ1) is 14.8. The number of hydrogen-bond donors (Lipinski definition) is 6. The Labute approximate surface area is 176 Å². The Morgan fingerprint density at radius 1 is 1.39 bits per heavy atom. The minimum absolute atomic E-state index is 0.0717. The normalized spacial score (nSPS) is 31.4. The molecule has 2 aliphatic rings. The third-order valence-electron chi connectivity index (χ3n) is 5.57. The predicted octanol–water partition coefficient (Wildman–Crippen LogP) is -2.35. The maximum Gasteiger partial charge on any atom is 0.259 e. The molecule has 7 N–H and O–H groups in total. The number of ether oxygens (including phenoxy) is 1. The Kier molecular flexibility index (Phi) is 5.51. The predicted molar refractivity (Wildman–Crippen MR) is 105 cm³/mol. The molecule has 2 unspecified atom stereocenters. The molecule has 0 saturated carbocycles. The first-order valence-corrected chi connectivity index (χ1v) is 10.1. The molecular weight excluding hydrogens is 410 g/mol. The van der Waals surface area contributed by atoms with Crippen LogP contribution in [0.2, 0.25) is 0 Å². The lowest BCUT2D eigenvalue weighted by molar-refractivity contribution is -0.141. The lowest BCUT2D eigenvalue weighted by atomic mass is 9.96. The summed E-state index contributed by atoms with van der Waals surface area (Å²) in [6, 6.07) is 0. The average molecular weight is 435 g/mol. The summed E-state index contributed by atoms with van der Waals surface area (Å²) in [7, 11) is 0. The molecule has 2 aromatic heterocycles. The van der Waals surface area contributed by atoms with Gasteiger partial charge in [0.25, 0.3) is 11.8 Å². The first kappa shape index (κ1) is 21.4. The Morgan fingerprint density at radius 2 is 2.16 bits per heavy atom. The van der Waals surface area contributed by atoms with Crippen LogP contribution in [0.1, 0.15) is 38.2 Å². The summed E-state index contributed by atoms with van der Waals surface area (Å²) >= 11 is 0. The molecule has 2 aliphatic heterocycles. The molecule has 4 heterocycles. The Hall–Kier alpha value is -2.87. The number of aromatic nitrogens is 4. The number of imidazole rings is 1. The number of hydrogen-bond acceptors (Lipinski definition) is 10. The van der Waals surface area contributed by atoms with E-state index in [1.54, 1.807) is 6.92 Å². The summed E-state index contributed by atoms with van der Waals surface area (Å²) in [4.78, 5) is 37.2. The van der Waals surface area contributed by atoms with Crippen LogP contribution in [0.3, 0.4) is 0 Å². The van der Waals surface area contributed by atoms with Crippen LogP contribution < -0.4 is 16.4 Å². The zero-order valence-electron chi connectivity index (χ0n) is 16.9. The highest BCUT2D eigenvalue weighted by atomic mass is 16.6. The van der Waals surface area contributed by atoms with Gasteiger partial charge in [0.1, 0.15) is 17.7 Å². The molecule has 168 valence electrons. The van der Waals surface area contributed by atoms with E-state index in [0.29, 0.717) is 25.9 Å². The summed E-state index contributed by atoms with van der Waals surface area (Å²) < 4.78 is 6.91. The van der Waals surface area contributed by atoms with Crippen molar-refractivity contribution >= 4 is 28.8 Å². The van der Waals surface area contributed by atoms with E-state index in [1.807, 2.05) is 0 Å². The van der Waals surface area contributed by atoms with Crippen LogP contribution in [-0.2, 0) is 19.9 Å². The van der Waals surface area contributed by atoms with Gasteiger partial charge in [-0.15, -0.1) is 0 Å². The van der Waals surface area contributed by atoms with E-state index in [4.69, 9.17) is 10.5 Å². The van der Waals surface area contributed by atoms with E-state index in [0.717, 1.165) is 0 Å². The summed E-state index contributed by atoms with van der Waals surface area (Å²) in [5.41, 5.74) is 4.27. The molecule has 13 nitrogen and oxygen atoms in total. The molecule has 31 heavy (non-hydrogen) atoms. The van der Waals surface area contributed by atoms with E-state index in [-0.39, 0.29) is 29.2 Å². The molecule has 0 radical (unpaired) electrons. The van der Waals surface area contributed by atoms with Crippen LogP contribution in [0.5, 0.6) is 0 Å². The molecule has 2 fully saturated rings. The highest BCUT2D eigenvalue weighted by Gasteiger charge is 2.48. The van der Waals surface area contributed by atoms with Gasteiger partial charge in [-0.05, 0) is 26.2 Å².